The van der Waals surface area contributed by atoms with Crippen molar-refractivity contribution in [2.24, 2.45) is 0 Å². The second kappa shape index (κ2) is 5.91. The SMILES string of the molecule is CCn1cc(N)cc1C(=O)NC(CC)(CC)CO. The molecule has 0 atom stereocenters. The van der Waals surface area contributed by atoms with Crippen molar-refractivity contribution in [2.75, 3.05) is 12.3 Å². The van der Waals surface area contributed by atoms with Crippen LogP contribution in [0.2, 0.25) is 0 Å². The summed E-state index contributed by atoms with van der Waals surface area (Å²) in [5.74, 6) is -0.189. The molecule has 5 heteroatoms. The average molecular weight is 253 g/mol. The van der Waals surface area contributed by atoms with Crippen molar-refractivity contribution in [2.45, 2.75) is 45.7 Å². The number of aliphatic hydroxyl groups excluding tert-OH is 1. The van der Waals surface area contributed by atoms with Crippen LogP contribution in [-0.4, -0.2) is 27.7 Å². The van der Waals surface area contributed by atoms with E-state index in [1.807, 2.05) is 20.8 Å². The topological polar surface area (TPSA) is 80.3 Å². The molecule has 0 aliphatic carbocycles. The molecule has 1 heterocycles. The van der Waals surface area contributed by atoms with E-state index in [1.165, 1.54) is 0 Å². The number of carbonyl (C=O) groups excluding carboxylic acids is 1. The summed E-state index contributed by atoms with van der Waals surface area (Å²) in [6.45, 7) is 6.48. The fraction of sp³-hybridized carbons (Fsp3) is 0.615. The molecule has 0 bridgehead atoms. The summed E-state index contributed by atoms with van der Waals surface area (Å²) in [5.41, 5.74) is 6.27. The van der Waals surface area contributed by atoms with Crippen LogP contribution < -0.4 is 11.1 Å². The summed E-state index contributed by atoms with van der Waals surface area (Å²) in [7, 11) is 0. The smallest absolute Gasteiger partial charge is 0.268 e. The maximum Gasteiger partial charge on any atom is 0.268 e. The van der Waals surface area contributed by atoms with Gasteiger partial charge >= 0.3 is 0 Å². The predicted octanol–water partition coefficient (Wildman–Crippen LogP) is 1.37. The zero-order valence-corrected chi connectivity index (χ0v) is 11.4. The number of nitrogen functional groups attached to an aromatic ring is 1. The van der Waals surface area contributed by atoms with Crippen LogP contribution >= 0.6 is 0 Å². The third-order valence-electron chi connectivity index (χ3n) is 3.53. The lowest BCUT2D eigenvalue weighted by atomic mass is 9.93. The van der Waals surface area contributed by atoms with E-state index >= 15 is 0 Å². The number of aryl methyl sites for hydroxylation is 1. The monoisotopic (exact) mass is 253 g/mol. The maximum atomic E-state index is 12.2. The third-order valence-corrected chi connectivity index (χ3v) is 3.53. The molecule has 0 saturated heterocycles. The lowest BCUT2D eigenvalue weighted by Gasteiger charge is -2.30. The molecule has 1 aromatic heterocycles. The van der Waals surface area contributed by atoms with Gasteiger partial charge in [0, 0.05) is 12.7 Å². The number of hydrogen-bond acceptors (Lipinski definition) is 3. The van der Waals surface area contributed by atoms with Gasteiger partial charge in [0.15, 0.2) is 0 Å². The van der Waals surface area contributed by atoms with E-state index in [9.17, 15) is 9.90 Å². The Morgan fingerprint density at radius 3 is 2.50 bits per heavy atom. The summed E-state index contributed by atoms with van der Waals surface area (Å²) < 4.78 is 1.80. The molecule has 0 spiro atoms. The molecular formula is C13H23N3O2. The molecule has 5 nitrogen and oxygen atoms in total. The van der Waals surface area contributed by atoms with Gasteiger partial charge in [0.05, 0.1) is 17.8 Å². The Bertz CT molecular complexity index is 400. The van der Waals surface area contributed by atoms with E-state index in [0.29, 0.717) is 30.8 Å². The van der Waals surface area contributed by atoms with Gasteiger partial charge in [-0.1, -0.05) is 13.8 Å². The molecule has 4 N–H and O–H groups in total. The maximum absolute atomic E-state index is 12.2. The first kappa shape index (κ1) is 14.6. The first-order valence-electron chi connectivity index (χ1n) is 6.41. The van der Waals surface area contributed by atoms with Gasteiger partial charge in [-0.3, -0.25) is 4.79 Å². The summed E-state index contributed by atoms with van der Waals surface area (Å²) in [6, 6.07) is 1.66. The van der Waals surface area contributed by atoms with E-state index in [0.717, 1.165) is 0 Å². The van der Waals surface area contributed by atoms with Gasteiger partial charge in [0.2, 0.25) is 0 Å². The number of rotatable bonds is 6. The molecular weight excluding hydrogens is 230 g/mol. The predicted molar refractivity (Wildman–Crippen MR) is 72.4 cm³/mol. The normalized spacial score (nSPS) is 11.6. The van der Waals surface area contributed by atoms with E-state index in [-0.39, 0.29) is 12.5 Å². The molecule has 0 radical (unpaired) electrons. The molecule has 1 aromatic rings. The molecule has 1 amide bonds. The Hall–Kier alpha value is -1.49. The first-order chi connectivity index (χ1) is 8.51. The average Bonchev–Trinajstić information content (AvgIpc) is 2.77. The fourth-order valence-corrected chi connectivity index (χ4v) is 1.98. The third kappa shape index (κ3) is 2.85. The van der Waals surface area contributed by atoms with Crippen LogP contribution in [0.3, 0.4) is 0 Å². The lowest BCUT2D eigenvalue weighted by molar-refractivity contribution is 0.0808. The van der Waals surface area contributed by atoms with Crippen LogP contribution in [0.15, 0.2) is 12.3 Å². The van der Waals surface area contributed by atoms with Crippen molar-refractivity contribution in [3.05, 3.63) is 18.0 Å². The Morgan fingerprint density at radius 2 is 2.06 bits per heavy atom. The van der Waals surface area contributed by atoms with Crippen molar-refractivity contribution in [3.8, 4) is 0 Å². The van der Waals surface area contributed by atoms with Crippen LogP contribution in [0.25, 0.3) is 0 Å². The van der Waals surface area contributed by atoms with Crippen LogP contribution in [-0.2, 0) is 6.54 Å². The van der Waals surface area contributed by atoms with Crippen molar-refractivity contribution in [1.82, 2.24) is 9.88 Å². The van der Waals surface area contributed by atoms with E-state index < -0.39 is 5.54 Å². The fourth-order valence-electron chi connectivity index (χ4n) is 1.98. The number of amides is 1. The Labute approximate surface area is 108 Å². The highest BCUT2D eigenvalue weighted by Crippen LogP contribution is 2.17. The molecule has 102 valence electrons. The molecule has 0 unspecified atom stereocenters. The van der Waals surface area contributed by atoms with Crippen LogP contribution in [0, 0.1) is 0 Å². The number of nitrogens with zero attached hydrogens (tertiary/aromatic N) is 1. The molecule has 0 fully saturated rings. The Balaban J connectivity index is 2.93. The van der Waals surface area contributed by atoms with E-state index in [2.05, 4.69) is 5.32 Å². The second-order valence-electron chi connectivity index (χ2n) is 4.54. The minimum atomic E-state index is -0.547. The van der Waals surface area contributed by atoms with Gasteiger partial charge in [-0.25, -0.2) is 0 Å². The quantitative estimate of drug-likeness (QED) is 0.716. The molecule has 1 rings (SSSR count). The summed E-state index contributed by atoms with van der Waals surface area (Å²) in [4.78, 5) is 12.2. The van der Waals surface area contributed by atoms with Gasteiger partial charge in [-0.15, -0.1) is 0 Å². The van der Waals surface area contributed by atoms with E-state index in [4.69, 9.17) is 5.73 Å². The van der Waals surface area contributed by atoms with Gasteiger partial charge in [-0.2, -0.15) is 0 Å². The molecule has 0 aromatic carbocycles. The minimum absolute atomic E-state index is 0.0615. The standard InChI is InChI=1S/C13H23N3O2/c1-4-13(5-2,9-17)15-12(18)11-7-10(14)8-16(11)6-3/h7-8,17H,4-6,9,14H2,1-3H3,(H,15,18). The Morgan fingerprint density at radius 1 is 1.44 bits per heavy atom. The van der Waals surface area contributed by atoms with Gasteiger partial charge in [0.1, 0.15) is 5.69 Å². The zero-order valence-electron chi connectivity index (χ0n) is 11.4. The van der Waals surface area contributed by atoms with Crippen molar-refractivity contribution >= 4 is 11.6 Å². The van der Waals surface area contributed by atoms with Gasteiger partial charge in [0.25, 0.3) is 5.91 Å². The molecule has 0 aliphatic heterocycles. The molecule has 0 saturated carbocycles. The van der Waals surface area contributed by atoms with E-state index in [1.54, 1.807) is 16.8 Å². The summed E-state index contributed by atoms with van der Waals surface area (Å²) in [5, 5.41) is 12.4. The number of nitrogens with one attached hydrogen (secondary N) is 1. The number of aliphatic hydroxyl groups is 1. The summed E-state index contributed by atoms with van der Waals surface area (Å²) >= 11 is 0. The van der Waals surface area contributed by atoms with Crippen molar-refractivity contribution in [1.29, 1.82) is 0 Å². The number of nitrogens with two attached hydrogens (primary N) is 1. The highest BCUT2D eigenvalue weighted by atomic mass is 16.3. The van der Waals surface area contributed by atoms with Crippen molar-refractivity contribution < 1.29 is 9.90 Å². The van der Waals surface area contributed by atoms with Crippen LogP contribution in [0.1, 0.15) is 44.1 Å². The number of hydrogen-bond donors (Lipinski definition) is 3. The minimum Gasteiger partial charge on any atom is -0.397 e. The molecule has 18 heavy (non-hydrogen) atoms. The Kier molecular flexibility index (Phi) is 4.78. The van der Waals surface area contributed by atoms with Crippen LogP contribution in [0.5, 0.6) is 0 Å². The molecule has 0 aliphatic rings. The van der Waals surface area contributed by atoms with Crippen LogP contribution in [0.4, 0.5) is 5.69 Å². The number of aromatic nitrogens is 1. The first-order valence-corrected chi connectivity index (χ1v) is 6.41. The highest BCUT2D eigenvalue weighted by Gasteiger charge is 2.28. The van der Waals surface area contributed by atoms with Gasteiger partial charge in [-0.05, 0) is 25.8 Å². The van der Waals surface area contributed by atoms with Crippen molar-refractivity contribution in [3.63, 3.8) is 0 Å². The summed E-state index contributed by atoms with van der Waals surface area (Å²) in [6.07, 6.45) is 3.12. The largest absolute Gasteiger partial charge is 0.397 e. The second-order valence-corrected chi connectivity index (χ2v) is 4.54. The highest BCUT2D eigenvalue weighted by molar-refractivity contribution is 5.94. The number of carbonyl (C=O) groups is 1. The zero-order chi connectivity index (χ0) is 13.8. The van der Waals surface area contributed by atoms with Gasteiger partial charge < -0.3 is 20.7 Å². The lowest BCUT2D eigenvalue weighted by Crippen LogP contribution is -2.50. The number of anilines is 1.